The summed E-state index contributed by atoms with van der Waals surface area (Å²) in [5.41, 5.74) is 3.09. The lowest BCUT2D eigenvalue weighted by atomic mass is 9.75. The maximum atomic E-state index is 13.0. The average Bonchev–Trinajstić information content (AvgIpc) is 3.83. The molecule has 3 aliphatic rings. The number of esters is 3. The first-order valence-corrected chi connectivity index (χ1v) is 24.2. The fourth-order valence-electron chi connectivity index (χ4n) is 10.2. The Morgan fingerprint density at radius 1 is 0.836 bits per heavy atom. The van der Waals surface area contributed by atoms with Crippen LogP contribution in [-0.2, 0) is 44.6 Å². The molecule has 2 heterocycles. The highest BCUT2D eigenvalue weighted by Crippen LogP contribution is 2.70. The van der Waals surface area contributed by atoms with Gasteiger partial charge in [0, 0.05) is 50.2 Å². The van der Waals surface area contributed by atoms with Gasteiger partial charge in [-0.05, 0) is 147 Å². The number of carbonyl (C=O) groups excluding carboxylic acids is 3. The largest absolute Gasteiger partial charge is 0.466 e. The summed E-state index contributed by atoms with van der Waals surface area (Å²) in [5.74, 6) is 1.75. The van der Waals surface area contributed by atoms with Gasteiger partial charge in [0.2, 0.25) is 0 Å². The fourth-order valence-corrected chi connectivity index (χ4v) is 10.2. The van der Waals surface area contributed by atoms with Crippen LogP contribution in [0.25, 0.3) is 0 Å². The predicted octanol–water partition coefficient (Wildman–Crippen LogP) is 11.9. The van der Waals surface area contributed by atoms with Crippen LogP contribution in [0, 0.1) is 34.5 Å². The molecule has 1 spiro atoms. The summed E-state index contributed by atoms with van der Waals surface area (Å²) in [4.78, 5) is 42.6. The van der Waals surface area contributed by atoms with Gasteiger partial charge in [-0.3, -0.25) is 14.4 Å². The van der Waals surface area contributed by atoms with E-state index >= 15 is 0 Å². The minimum atomic E-state index is -0.394. The molecule has 346 valence electrons. The van der Waals surface area contributed by atoms with Crippen molar-refractivity contribution < 1.29 is 38.1 Å². The average molecular weight is 853 g/mol. The summed E-state index contributed by atoms with van der Waals surface area (Å²) in [7, 11) is 0. The molecular weight excluding hydrogens is 769 g/mol. The van der Waals surface area contributed by atoms with Crippen molar-refractivity contribution in [3.63, 3.8) is 0 Å². The summed E-state index contributed by atoms with van der Waals surface area (Å²) >= 11 is 0. The maximum Gasteiger partial charge on any atom is 0.306 e. The van der Waals surface area contributed by atoms with E-state index in [0.29, 0.717) is 94.0 Å². The van der Waals surface area contributed by atoms with E-state index in [9.17, 15) is 14.4 Å². The topological polar surface area (TPSA) is 115 Å². The molecule has 0 amide bonds. The highest BCUT2D eigenvalue weighted by molar-refractivity contribution is 5.70. The van der Waals surface area contributed by atoms with Gasteiger partial charge in [0.05, 0.1) is 26.0 Å². The van der Waals surface area contributed by atoms with E-state index < -0.39 is 6.29 Å². The van der Waals surface area contributed by atoms with Crippen LogP contribution < -0.4 is 0 Å². The summed E-state index contributed by atoms with van der Waals surface area (Å²) in [6, 6.07) is 0. The van der Waals surface area contributed by atoms with Gasteiger partial charge < -0.3 is 28.3 Å². The van der Waals surface area contributed by atoms with Crippen LogP contribution >= 0.6 is 0 Å². The number of ether oxygens (including phenoxy) is 5. The predicted molar refractivity (Wildman–Crippen MR) is 241 cm³/mol. The van der Waals surface area contributed by atoms with Crippen LogP contribution in [0.15, 0.2) is 42.0 Å². The Bertz CT molecular complexity index is 1510. The number of hydrogen-bond donors (Lipinski definition) is 0. The molecule has 2 saturated carbocycles. The molecule has 7 atom stereocenters. The fraction of sp³-hybridized carbons (Fsp3) is 0.804. The summed E-state index contributed by atoms with van der Waals surface area (Å²) in [6.45, 7) is 20.3. The van der Waals surface area contributed by atoms with Crippen molar-refractivity contribution >= 4 is 17.9 Å². The summed E-state index contributed by atoms with van der Waals surface area (Å²) in [5, 5.41) is 0. The Balaban J connectivity index is 1.13. The van der Waals surface area contributed by atoms with Gasteiger partial charge in [-0.2, -0.15) is 0 Å². The van der Waals surface area contributed by atoms with E-state index in [2.05, 4.69) is 72.5 Å². The number of aromatic nitrogens is 2. The van der Waals surface area contributed by atoms with E-state index in [-0.39, 0.29) is 42.0 Å². The van der Waals surface area contributed by atoms with Crippen molar-refractivity contribution in [3.8, 4) is 0 Å². The monoisotopic (exact) mass is 853 g/mol. The van der Waals surface area contributed by atoms with E-state index in [1.54, 1.807) is 12.5 Å². The number of carbonyl (C=O) groups is 3. The van der Waals surface area contributed by atoms with Gasteiger partial charge in [0.25, 0.3) is 0 Å². The second-order valence-corrected chi connectivity index (χ2v) is 19.9. The number of imidazole rings is 1. The van der Waals surface area contributed by atoms with E-state index in [4.69, 9.17) is 23.7 Å². The third kappa shape index (κ3) is 17.3. The molecule has 61 heavy (non-hydrogen) atoms. The van der Waals surface area contributed by atoms with Crippen molar-refractivity contribution in [1.82, 2.24) is 9.55 Å². The Kier molecular flexibility index (Phi) is 21.6. The van der Waals surface area contributed by atoms with Crippen LogP contribution in [0.5, 0.6) is 0 Å². The first-order valence-electron chi connectivity index (χ1n) is 24.2. The molecule has 4 rings (SSSR count). The molecule has 0 radical (unpaired) electrons. The van der Waals surface area contributed by atoms with Crippen LogP contribution in [-0.4, -0.2) is 65.8 Å². The lowest BCUT2D eigenvalue weighted by molar-refractivity contribution is -0.164. The molecule has 1 aromatic heterocycles. The molecule has 1 saturated heterocycles. The molecule has 10 nitrogen and oxygen atoms in total. The van der Waals surface area contributed by atoms with Crippen LogP contribution in [0.1, 0.15) is 184 Å². The van der Waals surface area contributed by atoms with Gasteiger partial charge in [0.1, 0.15) is 12.2 Å². The summed E-state index contributed by atoms with van der Waals surface area (Å²) in [6.07, 6.45) is 25.9. The second-order valence-electron chi connectivity index (χ2n) is 19.9. The number of nitrogens with zero attached hydrogens (tertiary/aromatic N) is 2. The van der Waals surface area contributed by atoms with Crippen LogP contribution in [0.4, 0.5) is 0 Å². The molecule has 10 heteroatoms. The number of hydrogen-bond acceptors (Lipinski definition) is 9. The molecule has 6 unspecified atom stereocenters. The number of aryl methyl sites for hydroxylation is 1. The van der Waals surface area contributed by atoms with Gasteiger partial charge in [-0.25, -0.2) is 4.98 Å². The third-order valence-corrected chi connectivity index (χ3v) is 14.4. The van der Waals surface area contributed by atoms with E-state index in [1.165, 1.54) is 24.0 Å². The lowest BCUT2D eigenvalue weighted by Crippen LogP contribution is -2.34. The highest BCUT2D eigenvalue weighted by atomic mass is 16.7. The zero-order valence-corrected chi connectivity index (χ0v) is 39.6. The van der Waals surface area contributed by atoms with Crippen molar-refractivity contribution in [1.29, 1.82) is 0 Å². The Morgan fingerprint density at radius 3 is 2.23 bits per heavy atom. The quantitative estimate of drug-likeness (QED) is 0.0410. The van der Waals surface area contributed by atoms with Gasteiger partial charge >= 0.3 is 17.9 Å². The first-order chi connectivity index (χ1) is 29.2. The normalized spacial score (nSPS) is 25.0. The second kappa shape index (κ2) is 26.0. The summed E-state index contributed by atoms with van der Waals surface area (Å²) < 4.78 is 32.0. The number of allylic oxidation sites excluding steroid dienone is 4. The highest BCUT2D eigenvalue weighted by Gasteiger charge is 2.66. The van der Waals surface area contributed by atoms with E-state index in [0.717, 1.165) is 70.6 Å². The maximum absolute atomic E-state index is 13.0. The Morgan fingerprint density at radius 2 is 1.54 bits per heavy atom. The Labute approximate surface area is 369 Å². The van der Waals surface area contributed by atoms with Crippen molar-refractivity contribution in [3.05, 3.63) is 42.0 Å². The minimum absolute atomic E-state index is 0.0112. The van der Waals surface area contributed by atoms with Gasteiger partial charge in [0.15, 0.2) is 6.29 Å². The molecule has 0 N–H and O–H groups in total. The lowest BCUT2D eigenvalue weighted by Gasteiger charge is -2.34. The molecule has 2 aliphatic carbocycles. The molecule has 1 aromatic rings. The minimum Gasteiger partial charge on any atom is -0.466 e. The third-order valence-electron chi connectivity index (χ3n) is 14.4. The molecule has 0 aromatic carbocycles. The van der Waals surface area contributed by atoms with Gasteiger partial charge in [-0.15, -0.1) is 0 Å². The molecular formula is C51H84N2O8. The number of unbranched alkanes of at least 4 members (excludes halogenated alkanes) is 3. The zero-order chi connectivity index (χ0) is 44.3. The molecule has 1 aliphatic heterocycles. The van der Waals surface area contributed by atoms with Gasteiger partial charge in [-0.1, -0.05) is 63.8 Å². The zero-order valence-electron chi connectivity index (χ0n) is 39.6. The number of rotatable bonds is 25. The smallest absolute Gasteiger partial charge is 0.306 e. The SMILES string of the molecule is CC(C)=CCCC1CCOC(CCC(=O)OCCCCCCC(CCCC(=O)O[C@@H]2CC(C)C3(CC3)C2(C)C)OC(=O)CCCn2ccnc2)OCCC(C)C1CC=C(C)C. The van der Waals surface area contributed by atoms with Crippen molar-refractivity contribution in [2.24, 2.45) is 34.5 Å². The Hall–Kier alpha value is -2.98. The van der Waals surface area contributed by atoms with Crippen molar-refractivity contribution in [2.75, 3.05) is 19.8 Å². The van der Waals surface area contributed by atoms with Crippen molar-refractivity contribution in [2.45, 2.75) is 209 Å². The first kappa shape index (κ1) is 50.7. The van der Waals surface area contributed by atoms with Crippen LogP contribution in [0.3, 0.4) is 0 Å². The standard InChI is InChI=1S/C51H84N2O8/c1-38(2)16-13-17-42-27-35-59-49(58-34-26-40(5)44(42)23-22-39(3)4)25-24-46(54)57-33-12-10-9-11-18-43(60-47(55)21-15-31-53-32-30-52-37-53)19-14-20-48(56)61-45-36-41(6)51(28-29-51)50(45,7)8/h16,22,30,32,37,40-45,49H,9-15,17-21,23-29,31,33-36H2,1-8H3/t40?,41?,42?,43?,44?,45-,49?/m1/s1. The molecule has 0 bridgehead atoms. The van der Waals surface area contributed by atoms with E-state index in [1.807, 2.05) is 10.8 Å². The molecule has 3 fully saturated rings. The van der Waals surface area contributed by atoms with Crippen LogP contribution in [0.2, 0.25) is 0 Å².